The summed E-state index contributed by atoms with van der Waals surface area (Å²) in [5.74, 6) is -0.151. The largest absolute Gasteiger partial charge is 0.435 e. The second-order valence-electron chi connectivity index (χ2n) is 6.79. The first-order chi connectivity index (χ1) is 11.8. The molecule has 0 aromatic heterocycles. The topological polar surface area (TPSA) is 26.3 Å². The molecule has 140 valence electrons. The first-order valence-electron chi connectivity index (χ1n) is 10.2. The maximum atomic E-state index is 11.1. The van der Waals surface area contributed by atoms with E-state index in [4.69, 9.17) is 4.74 Å². The number of carbonyl (C=O) groups is 1. The van der Waals surface area contributed by atoms with Crippen LogP contribution in [0.15, 0.2) is 25.5 Å². The van der Waals surface area contributed by atoms with Crippen molar-refractivity contribution >= 4 is 5.97 Å². The Bertz CT molecular complexity index is 296. The fraction of sp³-hybridized carbons (Fsp3) is 0.773. The van der Waals surface area contributed by atoms with Crippen LogP contribution in [0.3, 0.4) is 0 Å². The van der Waals surface area contributed by atoms with Crippen LogP contribution >= 0.6 is 0 Å². The van der Waals surface area contributed by atoms with Crippen LogP contribution in [0.25, 0.3) is 0 Å². The van der Waals surface area contributed by atoms with E-state index in [0.29, 0.717) is 6.42 Å². The number of ether oxygens (including phenoxy) is 1. The minimum atomic E-state index is -0.151. The van der Waals surface area contributed by atoms with E-state index in [9.17, 15) is 4.79 Å². The predicted molar refractivity (Wildman–Crippen MR) is 105 cm³/mol. The molecule has 0 aromatic carbocycles. The maximum absolute atomic E-state index is 11.1. The average Bonchev–Trinajstić information content (AvgIpc) is 2.58. The van der Waals surface area contributed by atoms with Crippen LogP contribution in [-0.4, -0.2) is 5.97 Å². The summed E-state index contributed by atoms with van der Waals surface area (Å²) >= 11 is 0. The number of unbranched alkanes of at least 4 members (excludes halogenated alkanes) is 15. The zero-order valence-corrected chi connectivity index (χ0v) is 15.9. The molecule has 0 aromatic rings. The molecule has 0 aliphatic rings. The van der Waals surface area contributed by atoms with E-state index in [0.717, 1.165) is 12.8 Å². The summed E-state index contributed by atoms with van der Waals surface area (Å²) in [6.07, 6.45) is 24.9. The van der Waals surface area contributed by atoms with Crippen molar-refractivity contribution in [2.45, 2.75) is 109 Å². The minimum absolute atomic E-state index is 0.151. The van der Waals surface area contributed by atoms with Gasteiger partial charge in [0.1, 0.15) is 0 Å². The van der Waals surface area contributed by atoms with Crippen LogP contribution in [0.2, 0.25) is 0 Å². The fourth-order valence-corrected chi connectivity index (χ4v) is 3.01. The summed E-state index contributed by atoms with van der Waals surface area (Å²) < 4.78 is 4.69. The van der Waals surface area contributed by atoms with Gasteiger partial charge in [0, 0.05) is 6.42 Å². The highest BCUT2D eigenvalue weighted by Crippen LogP contribution is 2.14. The summed E-state index contributed by atoms with van der Waals surface area (Å²) in [5.41, 5.74) is 0. The van der Waals surface area contributed by atoms with Crippen molar-refractivity contribution in [1.29, 1.82) is 0 Å². The molecule has 0 N–H and O–H groups in total. The van der Waals surface area contributed by atoms with Crippen LogP contribution in [-0.2, 0) is 9.53 Å². The van der Waals surface area contributed by atoms with E-state index in [2.05, 4.69) is 13.2 Å². The number of hydrogen-bond acceptors (Lipinski definition) is 2. The first kappa shape index (κ1) is 22.9. The molecule has 0 radical (unpaired) electrons. The fourth-order valence-electron chi connectivity index (χ4n) is 3.01. The van der Waals surface area contributed by atoms with Crippen molar-refractivity contribution in [3.63, 3.8) is 0 Å². The number of hydrogen-bond donors (Lipinski definition) is 0. The number of rotatable bonds is 19. The Morgan fingerprint density at radius 3 is 1.38 bits per heavy atom. The Balaban J connectivity index is 3.04. The Labute approximate surface area is 150 Å². The highest BCUT2D eigenvalue weighted by atomic mass is 16.5. The second-order valence-corrected chi connectivity index (χ2v) is 6.79. The lowest BCUT2D eigenvalue weighted by Gasteiger charge is -2.03. The number of esters is 1. The van der Waals surface area contributed by atoms with Crippen LogP contribution in [0.4, 0.5) is 0 Å². The third kappa shape index (κ3) is 19.0. The van der Waals surface area contributed by atoms with Crippen LogP contribution < -0.4 is 0 Å². The summed E-state index contributed by atoms with van der Waals surface area (Å²) in [5, 5.41) is 0. The normalized spacial score (nSPS) is 10.5. The average molecular weight is 337 g/mol. The van der Waals surface area contributed by atoms with E-state index in [1.807, 2.05) is 6.08 Å². The smallest absolute Gasteiger partial charge is 0.310 e. The van der Waals surface area contributed by atoms with Gasteiger partial charge in [-0.05, 0) is 19.3 Å². The van der Waals surface area contributed by atoms with Gasteiger partial charge in [-0.25, -0.2) is 0 Å². The van der Waals surface area contributed by atoms with Gasteiger partial charge < -0.3 is 4.74 Å². The van der Waals surface area contributed by atoms with Crippen LogP contribution in [0, 0.1) is 0 Å². The monoisotopic (exact) mass is 336 g/mol. The summed E-state index contributed by atoms with van der Waals surface area (Å²) in [7, 11) is 0. The summed E-state index contributed by atoms with van der Waals surface area (Å²) in [6.45, 7) is 7.14. The highest BCUT2D eigenvalue weighted by Gasteiger charge is 2.00. The molecular weight excluding hydrogens is 296 g/mol. The summed E-state index contributed by atoms with van der Waals surface area (Å²) in [4.78, 5) is 11.1. The molecule has 0 aliphatic heterocycles. The Morgan fingerprint density at radius 2 is 1.00 bits per heavy atom. The lowest BCUT2D eigenvalue weighted by Crippen LogP contribution is -1.98. The molecule has 0 heterocycles. The van der Waals surface area contributed by atoms with Crippen molar-refractivity contribution in [3.8, 4) is 0 Å². The molecule has 24 heavy (non-hydrogen) atoms. The van der Waals surface area contributed by atoms with Gasteiger partial charge in [-0.2, -0.15) is 0 Å². The molecule has 0 bridgehead atoms. The van der Waals surface area contributed by atoms with Gasteiger partial charge in [0.15, 0.2) is 0 Å². The van der Waals surface area contributed by atoms with Gasteiger partial charge in [0.05, 0.1) is 6.26 Å². The molecule has 0 atom stereocenters. The quantitative estimate of drug-likeness (QED) is 0.106. The van der Waals surface area contributed by atoms with Crippen molar-refractivity contribution in [2.24, 2.45) is 0 Å². The van der Waals surface area contributed by atoms with Gasteiger partial charge in [-0.3, -0.25) is 4.79 Å². The highest BCUT2D eigenvalue weighted by molar-refractivity contribution is 5.69. The SMILES string of the molecule is C=CCCCCCCCCCCCCCCCCCC(=O)OC=C. The predicted octanol–water partition coefficient (Wildman–Crippen LogP) is 7.49. The second kappa shape index (κ2) is 20.0. The molecule has 0 saturated heterocycles. The lowest BCUT2D eigenvalue weighted by molar-refractivity contribution is -0.138. The molecular formula is C22H40O2. The molecule has 0 spiro atoms. The Morgan fingerprint density at radius 1 is 0.625 bits per heavy atom. The van der Waals surface area contributed by atoms with Crippen molar-refractivity contribution in [2.75, 3.05) is 0 Å². The van der Waals surface area contributed by atoms with Crippen LogP contribution in [0.5, 0.6) is 0 Å². The van der Waals surface area contributed by atoms with E-state index in [-0.39, 0.29) is 5.97 Å². The van der Waals surface area contributed by atoms with E-state index < -0.39 is 0 Å². The van der Waals surface area contributed by atoms with Gasteiger partial charge in [0.25, 0.3) is 0 Å². The molecule has 2 nitrogen and oxygen atoms in total. The van der Waals surface area contributed by atoms with E-state index >= 15 is 0 Å². The molecule has 2 heteroatoms. The van der Waals surface area contributed by atoms with E-state index in [1.54, 1.807) is 0 Å². The Kier molecular flexibility index (Phi) is 19.1. The minimum Gasteiger partial charge on any atom is -0.435 e. The maximum Gasteiger partial charge on any atom is 0.310 e. The van der Waals surface area contributed by atoms with Gasteiger partial charge in [-0.1, -0.05) is 96.1 Å². The third-order valence-corrected chi connectivity index (χ3v) is 4.50. The zero-order valence-electron chi connectivity index (χ0n) is 15.9. The molecule has 0 aliphatic carbocycles. The summed E-state index contributed by atoms with van der Waals surface area (Å²) in [6, 6.07) is 0. The zero-order chi connectivity index (χ0) is 17.7. The lowest BCUT2D eigenvalue weighted by atomic mass is 10.0. The Hall–Kier alpha value is -1.05. The molecule has 0 unspecified atom stereocenters. The molecule has 0 saturated carbocycles. The molecule has 0 fully saturated rings. The van der Waals surface area contributed by atoms with Crippen molar-refractivity contribution in [1.82, 2.24) is 0 Å². The number of allylic oxidation sites excluding steroid dienone is 1. The third-order valence-electron chi connectivity index (χ3n) is 4.50. The van der Waals surface area contributed by atoms with Crippen LogP contribution in [0.1, 0.15) is 109 Å². The molecule has 0 amide bonds. The number of carbonyl (C=O) groups excluding carboxylic acids is 1. The van der Waals surface area contributed by atoms with Gasteiger partial charge in [-0.15, -0.1) is 6.58 Å². The standard InChI is InChI=1S/C22H40O2/c1-3-5-6-7-8-9-10-11-12-13-14-15-16-17-18-19-20-21-22(23)24-4-2/h3-4H,1-2,5-21H2. The van der Waals surface area contributed by atoms with Gasteiger partial charge >= 0.3 is 5.97 Å². The first-order valence-corrected chi connectivity index (χ1v) is 10.2. The van der Waals surface area contributed by atoms with Gasteiger partial charge in [0.2, 0.25) is 0 Å². The van der Waals surface area contributed by atoms with Crippen molar-refractivity contribution < 1.29 is 9.53 Å². The molecule has 0 rings (SSSR count). The van der Waals surface area contributed by atoms with Crippen molar-refractivity contribution in [3.05, 3.63) is 25.5 Å². The van der Waals surface area contributed by atoms with E-state index in [1.165, 1.54) is 96.2 Å².